The molecule has 2 N–H and O–H groups in total. The van der Waals surface area contributed by atoms with E-state index in [1.807, 2.05) is 0 Å². The van der Waals surface area contributed by atoms with Gasteiger partial charge in [0.15, 0.2) is 5.82 Å². The van der Waals surface area contributed by atoms with Crippen LogP contribution in [0.1, 0.15) is 10.5 Å². The van der Waals surface area contributed by atoms with E-state index in [0.29, 0.717) is 16.5 Å². The fourth-order valence-electron chi connectivity index (χ4n) is 2.27. The van der Waals surface area contributed by atoms with E-state index in [0.717, 1.165) is 12.1 Å². The van der Waals surface area contributed by atoms with Gasteiger partial charge in [-0.25, -0.2) is 4.98 Å². The number of carbonyl (C=O) groups is 1. The van der Waals surface area contributed by atoms with Gasteiger partial charge in [-0.3, -0.25) is 20.2 Å². The first-order chi connectivity index (χ1) is 13.2. The molecule has 146 valence electrons. The van der Waals surface area contributed by atoms with Gasteiger partial charge in [0.1, 0.15) is 11.4 Å². The van der Waals surface area contributed by atoms with Gasteiger partial charge in [0.05, 0.1) is 15.7 Å². The highest BCUT2D eigenvalue weighted by Gasteiger charge is 2.30. The van der Waals surface area contributed by atoms with Crippen LogP contribution in [0.5, 0.6) is 5.75 Å². The molecular weight excluding hydrogens is 420 g/mol. The minimum absolute atomic E-state index is 0.223. The summed E-state index contributed by atoms with van der Waals surface area (Å²) < 4.78 is 41.7. The smallest absolute Gasteiger partial charge is 0.406 e. The number of rotatable bonds is 5. The van der Waals surface area contributed by atoms with Gasteiger partial charge in [0, 0.05) is 12.4 Å². The number of anilines is 1. The van der Waals surface area contributed by atoms with Crippen LogP contribution in [0.25, 0.3) is 5.82 Å². The van der Waals surface area contributed by atoms with Gasteiger partial charge in [-0.2, -0.15) is 0 Å². The molecule has 11 heteroatoms. The number of nitrogens with zero attached hydrogens (tertiary/aromatic N) is 2. The number of halogens is 5. The number of ether oxygens (including phenoxy) is 1. The van der Waals surface area contributed by atoms with Crippen molar-refractivity contribution in [2.75, 3.05) is 5.43 Å². The number of hydrazine groups is 1. The maximum absolute atomic E-state index is 12.4. The lowest BCUT2D eigenvalue weighted by atomic mass is 10.3. The molecule has 2 aromatic heterocycles. The molecule has 0 aliphatic rings. The number of pyridine rings is 1. The fraction of sp³-hybridized carbons (Fsp3) is 0.0588. The lowest BCUT2D eigenvalue weighted by Crippen LogP contribution is -2.31. The molecule has 28 heavy (non-hydrogen) atoms. The second-order valence-electron chi connectivity index (χ2n) is 5.37. The SMILES string of the molecule is O=C(NNc1ccc(OC(F)(F)F)cc1)c1cccn1-c1ncc(Cl)cc1Cl. The average Bonchev–Trinajstić information content (AvgIpc) is 3.09. The first kappa shape index (κ1) is 19.8. The quantitative estimate of drug-likeness (QED) is 0.568. The van der Waals surface area contributed by atoms with Gasteiger partial charge < -0.3 is 4.74 Å². The summed E-state index contributed by atoms with van der Waals surface area (Å²) in [5.74, 6) is -0.579. The van der Waals surface area contributed by atoms with Crippen LogP contribution in [0.3, 0.4) is 0 Å². The third-order valence-corrected chi connectivity index (χ3v) is 3.89. The Morgan fingerprint density at radius 2 is 1.86 bits per heavy atom. The summed E-state index contributed by atoms with van der Waals surface area (Å²) in [5.41, 5.74) is 5.62. The van der Waals surface area contributed by atoms with Crippen molar-refractivity contribution < 1.29 is 22.7 Å². The molecule has 0 saturated heterocycles. The molecule has 1 aromatic carbocycles. The lowest BCUT2D eigenvalue weighted by molar-refractivity contribution is -0.274. The molecule has 0 atom stereocenters. The molecule has 3 rings (SSSR count). The Kier molecular flexibility index (Phi) is 5.66. The number of aromatic nitrogens is 2. The number of carbonyl (C=O) groups excluding carboxylic acids is 1. The summed E-state index contributed by atoms with van der Waals surface area (Å²) in [6, 6.07) is 9.53. The molecule has 3 aromatic rings. The zero-order chi connectivity index (χ0) is 20.3. The Labute approximate surface area is 166 Å². The average molecular weight is 431 g/mol. The third-order valence-electron chi connectivity index (χ3n) is 3.41. The van der Waals surface area contributed by atoms with Gasteiger partial charge in [-0.15, -0.1) is 13.2 Å². The molecule has 2 heterocycles. The molecule has 1 amide bonds. The van der Waals surface area contributed by atoms with Crippen molar-refractivity contribution in [1.82, 2.24) is 15.0 Å². The predicted molar refractivity (Wildman–Crippen MR) is 97.8 cm³/mol. The van der Waals surface area contributed by atoms with Crippen molar-refractivity contribution in [3.63, 3.8) is 0 Å². The number of benzene rings is 1. The molecular formula is C17H11Cl2F3N4O2. The van der Waals surface area contributed by atoms with E-state index in [1.165, 1.54) is 29.0 Å². The van der Waals surface area contributed by atoms with Gasteiger partial charge in [0.2, 0.25) is 0 Å². The normalized spacial score (nSPS) is 11.2. The standard InChI is InChI=1S/C17H11Cl2F3N4O2/c18-10-8-13(19)15(23-9-10)26-7-1-2-14(26)16(27)25-24-11-3-5-12(6-4-11)28-17(20,21)22/h1-9,24H,(H,25,27). The number of hydrogen-bond donors (Lipinski definition) is 2. The van der Waals surface area contributed by atoms with E-state index in [2.05, 4.69) is 20.6 Å². The summed E-state index contributed by atoms with van der Waals surface area (Å²) >= 11 is 12.0. The van der Waals surface area contributed by atoms with E-state index in [4.69, 9.17) is 23.2 Å². The van der Waals surface area contributed by atoms with Crippen LogP contribution in [0, 0.1) is 0 Å². The van der Waals surface area contributed by atoms with Crippen LogP contribution < -0.4 is 15.6 Å². The summed E-state index contributed by atoms with van der Waals surface area (Å²) in [6.07, 6.45) is -1.78. The van der Waals surface area contributed by atoms with Crippen molar-refractivity contribution in [3.8, 4) is 11.6 Å². The third kappa shape index (κ3) is 4.87. The van der Waals surface area contributed by atoms with Crippen LogP contribution in [-0.2, 0) is 0 Å². The van der Waals surface area contributed by atoms with E-state index in [9.17, 15) is 18.0 Å². The Bertz CT molecular complexity index is 991. The summed E-state index contributed by atoms with van der Waals surface area (Å²) in [6.45, 7) is 0. The molecule has 0 saturated carbocycles. The molecule has 0 bridgehead atoms. The van der Waals surface area contributed by atoms with Crippen LogP contribution in [0.2, 0.25) is 10.0 Å². The molecule has 0 spiro atoms. The van der Waals surface area contributed by atoms with E-state index < -0.39 is 12.3 Å². The van der Waals surface area contributed by atoms with Crippen molar-refractivity contribution in [2.24, 2.45) is 0 Å². The van der Waals surface area contributed by atoms with Crippen LogP contribution in [0.15, 0.2) is 54.9 Å². The van der Waals surface area contributed by atoms with Crippen molar-refractivity contribution in [2.45, 2.75) is 6.36 Å². The van der Waals surface area contributed by atoms with Gasteiger partial charge >= 0.3 is 6.36 Å². The van der Waals surface area contributed by atoms with Crippen molar-refractivity contribution >= 4 is 34.8 Å². The topological polar surface area (TPSA) is 68.2 Å². The van der Waals surface area contributed by atoms with Crippen molar-refractivity contribution in [3.05, 3.63) is 70.6 Å². The number of hydrogen-bond acceptors (Lipinski definition) is 4. The van der Waals surface area contributed by atoms with E-state index in [1.54, 1.807) is 18.3 Å². The summed E-state index contributed by atoms with van der Waals surface area (Å²) in [4.78, 5) is 16.6. The monoisotopic (exact) mass is 430 g/mol. The number of nitrogens with one attached hydrogen (secondary N) is 2. The van der Waals surface area contributed by atoms with Gasteiger partial charge in [-0.05, 0) is 42.5 Å². The summed E-state index contributed by atoms with van der Waals surface area (Å²) in [5, 5.41) is 0.609. The minimum Gasteiger partial charge on any atom is -0.406 e. The predicted octanol–water partition coefficient (Wildman–Crippen LogP) is 4.83. The van der Waals surface area contributed by atoms with Gasteiger partial charge in [-0.1, -0.05) is 23.2 Å². The number of alkyl halides is 3. The molecule has 0 radical (unpaired) electrons. The first-order valence-corrected chi connectivity index (χ1v) is 8.39. The van der Waals surface area contributed by atoms with Crippen LogP contribution in [-0.4, -0.2) is 21.8 Å². The highest BCUT2D eigenvalue weighted by atomic mass is 35.5. The maximum Gasteiger partial charge on any atom is 0.573 e. The molecule has 6 nitrogen and oxygen atoms in total. The second-order valence-corrected chi connectivity index (χ2v) is 6.22. The Morgan fingerprint density at radius 1 is 1.14 bits per heavy atom. The molecule has 0 aliphatic heterocycles. The molecule has 0 fully saturated rings. The zero-order valence-electron chi connectivity index (χ0n) is 13.8. The molecule has 0 unspecified atom stereocenters. The summed E-state index contributed by atoms with van der Waals surface area (Å²) in [7, 11) is 0. The Morgan fingerprint density at radius 3 is 2.50 bits per heavy atom. The second kappa shape index (κ2) is 7.99. The van der Waals surface area contributed by atoms with Crippen molar-refractivity contribution in [1.29, 1.82) is 0 Å². The Hall–Kier alpha value is -2.91. The maximum atomic E-state index is 12.4. The van der Waals surface area contributed by atoms with Gasteiger partial charge in [0.25, 0.3) is 5.91 Å². The Balaban J connectivity index is 1.69. The highest BCUT2D eigenvalue weighted by molar-refractivity contribution is 6.35. The van der Waals surface area contributed by atoms with Crippen LogP contribution in [0.4, 0.5) is 18.9 Å². The van der Waals surface area contributed by atoms with E-state index >= 15 is 0 Å². The highest BCUT2D eigenvalue weighted by Crippen LogP contribution is 2.25. The van der Waals surface area contributed by atoms with E-state index in [-0.39, 0.29) is 16.5 Å². The van der Waals surface area contributed by atoms with Crippen LogP contribution >= 0.6 is 23.2 Å². The molecule has 0 aliphatic carbocycles. The first-order valence-electron chi connectivity index (χ1n) is 7.64. The fourth-order valence-corrected chi connectivity index (χ4v) is 2.74. The zero-order valence-corrected chi connectivity index (χ0v) is 15.3. The minimum atomic E-state index is -4.77. The largest absolute Gasteiger partial charge is 0.573 e. The lowest BCUT2D eigenvalue weighted by Gasteiger charge is -2.13. The number of amides is 1.